The van der Waals surface area contributed by atoms with Crippen molar-refractivity contribution in [2.45, 2.75) is 26.3 Å². The second-order valence-corrected chi connectivity index (χ2v) is 6.91. The van der Waals surface area contributed by atoms with E-state index in [4.69, 9.17) is 4.74 Å². The summed E-state index contributed by atoms with van der Waals surface area (Å²) in [7, 11) is 0. The molecule has 0 saturated heterocycles. The minimum Gasteiger partial charge on any atom is -0.484 e. The van der Waals surface area contributed by atoms with Crippen molar-refractivity contribution in [3.63, 3.8) is 0 Å². The summed E-state index contributed by atoms with van der Waals surface area (Å²) in [6, 6.07) is 24.6. The lowest BCUT2D eigenvalue weighted by molar-refractivity contribution is -0.123. The maximum Gasteiger partial charge on any atom is 0.258 e. The molecule has 3 aromatic rings. The highest BCUT2D eigenvalue weighted by Crippen LogP contribution is 2.22. The molecule has 0 radical (unpaired) electrons. The lowest BCUT2D eigenvalue weighted by Gasteiger charge is -2.20. The van der Waals surface area contributed by atoms with E-state index >= 15 is 0 Å². The van der Waals surface area contributed by atoms with Gasteiger partial charge in [0, 0.05) is 12.0 Å². The Bertz CT molecular complexity index is 948. The van der Waals surface area contributed by atoms with Gasteiger partial charge >= 0.3 is 0 Å². The molecule has 1 atom stereocenters. The molecule has 29 heavy (non-hydrogen) atoms. The van der Waals surface area contributed by atoms with Crippen LogP contribution in [0.15, 0.2) is 78.9 Å². The smallest absolute Gasteiger partial charge is 0.258 e. The summed E-state index contributed by atoms with van der Waals surface area (Å²) >= 11 is 0. The zero-order valence-corrected chi connectivity index (χ0v) is 16.7. The molecular formula is C25H25NO3. The zero-order valence-electron chi connectivity index (χ0n) is 16.7. The Balaban J connectivity index is 1.67. The van der Waals surface area contributed by atoms with Crippen LogP contribution in [-0.4, -0.2) is 18.3 Å². The molecule has 0 aliphatic carbocycles. The molecule has 1 N–H and O–H groups in total. The van der Waals surface area contributed by atoms with Gasteiger partial charge in [0.1, 0.15) is 5.75 Å². The average Bonchev–Trinajstić information content (AvgIpc) is 2.77. The third-order valence-electron chi connectivity index (χ3n) is 4.72. The van der Waals surface area contributed by atoms with Crippen molar-refractivity contribution < 1.29 is 14.3 Å². The fourth-order valence-corrected chi connectivity index (χ4v) is 3.06. The van der Waals surface area contributed by atoms with Gasteiger partial charge in [-0.2, -0.15) is 0 Å². The van der Waals surface area contributed by atoms with Crippen LogP contribution in [0, 0.1) is 6.92 Å². The van der Waals surface area contributed by atoms with Crippen molar-refractivity contribution in [1.29, 1.82) is 0 Å². The monoisotopic (exact) mass is 387 g/mol. The van der Waals surface area contributed by atoms with Gasteiger partial charge in [0.15, 0.2) is 12.4 Å². The van der Waals surface area contributed by atoms with Crippen molar-refractivity contribution in [3.8, 4) is 5.75 Å². The number of benzene rings is 3. The van der Waals surface area contributed by atoms with Crippen LogP contribution in [0.2, 0.25) is 0 Å². The van der Waals surface area contributed by atoms with E-state index in [1.54, 1.807) is 24.3 Å². The summed E-state index contributed by atoms with van der Waals surface area (Å²) in [4.78, 5) is 24.3. The van der Waals surface area contributed by atoms with Crippen LogP contribution in [-0.2, 0) is 4.79 Å². The highest BCUT2D eigenvalue weighted by atomic mass is 16.5. The quantitative estimate of drug-likeness (QED) is 0.561. The standard InChI is InChI=1S/C25H25NO3/c1-3-23(27)19-13-15-22(16-14-19)29-17-24(28)26-25(20-7-5-4-6-8-20)21-11-9-18(2)10-12-21/h4-16,25H,3,17H2,1-2H3,(H,26,28). The first-order valence-corrected chi connectivity index (χ1v) is 9.73. The second-order valence-electron chi connectivity index (χ2n) is 6.91. The molecule has 0 aliphatic heterocycles. The number of carbonyl (C=O) groups is 2. The first-order valence-electron chi connectivity index (χ1n) is 9.73. The van der Waals surface area contributed by atoms with Crippen molar-refractivity contribution >= 4 is 11.7 Å². The van der Waals surface area contributed by atoms with Gasteiger partial charge in [-0.3, -0.25) is 9.59 Å². The Hall–Kier alpha value is -3.40. The number of rotatable bonds is 8. The van der Waals surface area contributed by atoms with Crippen LogP contribution >= 0.6 is 0 Å². The lowest BCUT2D eigenvalue weighted by Crippen LogP contribution is -2.33. The van der Waals surface area contributed by atoms with E-state index in [0.29, 0.717) is 17.7 Å². The fourth-order valence-electron chi connectivity index (χ4n) is 3.06. The number of nitrogens with one attached hydrogen (secondary N) is 1. The van der Waals surface area contributed by atoms with Gasteiger partial charge in [0.2, 0.25) is 0 Å². The van der Waals surface area contributed by atoms with E-state index in [0.717, 1.165) is 11.1 Å². The lowest BCUT2D eigenvalue weighted by atomic mass is 9.98. The number of hydrogen-bond donors (Lipinski definition) is 1. The van der Waals surface area contributed by atoms with Gasteiger partial charge in [0.05, 0.1) is 6.04 Å². The first kappa shape index (κ1) is 20.3. The van der Waals surface area contributed by atoms with Gasteiger partial charge in [-0.05, 0) is 42.3 Å². The fraction of sp³-hybridized carbons (Fsp3) is 0.200. The molecule has 0 aromatic heterocycles. The molecule has 0 heterocycles. The van der Waals surface area contributed by atoms with E-state index < -0.39 is 0 Å². The van der Waals surface area contributed by atoms with Crippen LogP contribution in [0.25, 0.3) is 0 Å². The van der Waals surface area contributed by atoms with Gasteiger partial charge in [0.25, 0.3) is 5.91 Å². The normalized spacial score (nSPS) is 11.5. The average molecular weight is 387 g/mol. The van der Waals surface area contributed by atoms with Gasteiger partial charge in [-0.15, -0.1) is 0 Å². The summed E-state index contributed by atoms with van der Waals surface area (Å²) in [5, 5.41) is 3.06. The summed E-state index contributed by atoms with van der Waals surface area (Å²) in [5.41, 5.74) is 3.83. The molecule has 148 valence electrons. The Morgan fingerprint density at radius 1 is 0.862 bits per heavy atom. The number of hydrogen-bond acceptors (Lipinski definition) is 3. The number of aryl methyl sites for hydroxylation is 1. The SMILES string of the molecule is CCC(=O)c1ccc(OCC(=O)NC(c2ccccc2)c2ccc(C)cc2)cc1. The zero-order chi connectivity index (χ0) is 20.6. The van der Waals surface area contributed by atoms with E-state index in [-0.39, 0.29) is 24.3 Å². The van der Waals surface area contributed by atoms with E-state index in [2.05, 4.69) is 5.32 Å². The topological polar surface area (TPSA) is 55.4 Å². The molecule has 1 unspecified atom stereocenters. The van der Waals surface area contributed by atoms with Gasteiger partial charge < -0.3 is 10.1 Å². The molecule has 0 bridgehead atoms. The van der Waals surface area contributed by atoms with Gasteiger partial charge in [-0.1, -0.05) is 67.1 Å². The maximum atomic E-state index is 12.6. The number of ketones is 1. The molecule has 0 aliphatic rings. The molecule has 0 saturated carbocycles. The molecular weight excluding hydrogens is 362 g/mol. The third-order valence-corrected chi connectivity index (χ3v) is 4.72. The number of amides is 1. The van der Waals surface area contributed by atoms with Crippen LogP contribution < -0.4 is 10.1 Å². The van der Waals surface area contributed by atoms with Crippen LogP contribution in [0.3, 0.4) is 0 Å². The predicted octanol–water partition coefficient (Wildman–Crippen LogP) is 4.87. The maximum absolute atomic E-state index is 12.6. The Morgan fingerprint density at radius 2 is 1.48 bits per heavy atom. The molecule has 4 heteroatoms. The molecule has 3 rings (SSSR count). The summed E-state index contributed by atoms with van der Waals surface area (Å²) in [6.45, 7) is 3.76. The Morgan fingerprint density at radius 3 is 2.10 bits per heavy atom. The second kappa shape index (κ2) is 9.69. The van der Waals surface area contributed by atoms with Crippen molar-refractivity contribution in [2.24, 2.45) is 0 Å². The molecule has 4 nitrogen and oxygen atoms in total. The first-order chi connectivity index (χ1) is 14.1. The van der Waals surface area contributed by atoms with Crippen molar-refractivity contribution in [1.82, 2.24) is 5.32 Å². The number of Topliss-reactive ketones (excluding diaryl/α,β-unsaturated/α-hetero) is 1. The van der Waals surface area contributed by atoms with Crippen molar-refractivity contribution in [3.05, 3.63) is 101 Å². The number of ether oxygens (including phenoxy) is 1. The van der Waals surface area contributed by atoms with Crippen LogP contribution in [0.5, 0.6) is 5.75 Å². The minimum atomic E-state index is -0.252. The molecule has 0 spiro atoms. The minimum absolute atomic E-state index is 0.0816. The molecule has 0 fully saturated rings. The predicted molar refractivity (Wildman–Crippen MR) is 114 cm³/mol. The third kappa shape index (κ3) is 5.55. The Labute approximate surface area is 171 Å². The largest absolute Gasteiger partial charge is 0.484 e. The van der Waals surface area contributed by atoms with E-state index in [1.165, 1.54) is 5.56 Å². The summed E-state index contributed by atoms with van der Waals surface area (Å²) in [6.07, 6.45) is 0.461. The Kier molecular flexibility index (Phi) is 6.80. The highest BCUT2D eigenvalue weighted by Gasteiger charge is 2.17. The van der Waals surface area contributed by atoms with Crippen LogP contribution in [0.1, 0.15) is 46.4 Å². The van der Waals surface area contributed by atoms with E-state index in [9.17, 15) is 9.59 Å². The van der Waals surface area contributed by atoms with Crippen LogP contribution in [0.4, 0.5) is 0 Å². The van der Waals surface area contributed by atoms with Crippen molar-refractivity contribution in [2.75, 3.05) is 6.61 Å². The molecule has 3 aromatic carbocycles. The summed E-state index contributed by atoms with van der Waals surface area (Å²) in [5.74, 6) is 0.422. The highest BCUT2D eigenvalue weighted by molar-refractivity contribution is 5.95. The summed E-state index contributed by atoms with van der Waals surface area (Å²) < 4.78 is 5.60. The van der Waals surface area contributed by atoms with E-state index in [1.807, 2.05) is 68.4 Å². The van der Waals surface area contributed by atoms with Gasteiger partial charge in [-0.25, -0.2) is 0 Å². The molecule has 1 amide bonds. The number of carbonyl (C=O) groups excluding carboxylic acids is 2.